The second-order valence-electron chi connectivity index (χ2n) is 4.14. The van der Waals surface area contributed by atoms with Crippen LogP contribution in [0.4, 0.5) is 0 Å². The van der Waals surface area contributed by atoms with Gasteiger partial charge in [-0.2, -0.15) is 0 Å². The minimum atomic E-state index is -0.544. The van der Waals surface area contributed by atoms with Gasteiger partial charge in [-0.05, 0) is 24.7 Å². The molecule has 0 radical (unpaired) electrons. The van der Waals surface area contributed by atoms with Gasteiger partial charge in [-0.3, -0.25) is 0 Å². The van der Waals surface area contributed by atoms with Gasteiger partial charge < -0.3 is 5.11 Å². The summed E-state index contributed by atoms with van der Waals surface area (Å²) < 4.78 is 0. The van der Waals surface area contributed by atoms with E-state index in [-0.39, 0.29) is 0 Å². The van der Waals surface area contributed by atoms with Crippen molar-refractivity contribution in [3.63, 3.8) is 0 Å². The maximum atomic E-state index is 9.02. The third-order valence-corrected chi connectivity index (χ3v) is 1.60. The Morgan fingerprint density at radius 3 is 2.36 bits per heavy atom. The number of terminal acetylenes is 1. The molecule has 0 spiro atoms. The summed E-state index contributed by atoms with van der Waals surface area (Å²) in [7, 11) is 0. The maximum absolute atomic E-state index is 9.02. The lowest BCUT2D eigenvalue weighted by molar-refractivity contribution is 0.209. The summed E-state index contributed by atoms with van der Waals surface area (Å²) in [6.45, 7) is 6.57. The van der Waals surface area contributed by atoms with Crippen molar-refractivity contribution in [3.05, 3.63) is 0 Å². The van der Waals surface area contributed by atoms with Crippen LogP contribution in [0.3, 0.4) is 0 Å². The summed E-state index contributed by atoms with van der Waals surface area (Å²) in [6, 6.07) is 0. The lowest BCUT2D eigenvalue weighted by atomic mass is 9.89. The Labute approximate surface area is 69.8 Å². The molecule has 1 heteroatoms. The zero-order valence-corrected chi connectivity index (χ0v) is 7.72. The van der Waals surface area contributed by atoms with E-state index in [4.69, 9.17) is 11.5 Å². The smallest absolute Gasteiger partial charge is 0.114 e. The molecule has 0 aromatic rings. The van der Waals surface area contributed by atoms with E-state index >= 15 is 0 Å². The molecule has 1 atom stereocenters. The summed E-state index contributed by atoms with van der Waals surface area (Å²) in [5.41, 5.74) is 0.355. The van der Waals surface area contributed by atoms with Crippen LogP contribution in [0.2, 0.25) is 0 Å². The fraction of sp³-hybridized carbons (Fsp3) is 0.800. The molecule has 0 aliphatic heterocycles. The van der Waals surface area contributed by atoms with Crippen molar-refractivity contribution in [1.29, 1.82) is 0 Å². The molecule has 0 bridgehead atoms. The molecule has 0 heterocycles. The molecule has 64 valence electrons. The van der Waals surface area contributed by atoms with Crippen molar-refractivity contribution in [2.75, 3.05) is 0 Å². The fourth-order valence-electron chi connectivity index (χ4n) is 0.909. The topological polar surface area (TPSA) is 20.2 Å². The summed E-state index contributed by atoms with van der Waals surface area (Å²) in [4.78, 5) is 0. The third-order valence-electron chi connectivity index (χ3n) is 1.60. The lowest BCUT2D eigenvalue weighted by Crippen LogP contribution is -2.08. The molecule has 0 aromatic heterocycles. The molecule has 0 rings (SSSR count). The van der Waals surface area contributed by atoms with Gasteiger partial charge in [0.05, 0.1) is 0 Å². The molecule has 0 amide bonds. The Morgan fingerprint density at radius 2 is 2.00 bits per heavy atom. The van der Waals surface area contributed by atoms with E-state index in [1.807, 2.05) is 0 Å². The minimum absolute atomic E-state index is 0.355. The molecule has 0 aliphatic rings. The van der Waals surface area contributed by atoms with Crippen molar-refractivity contribution >= 4 is 0 Å². The molecule has 1 nitrogen and oxygen atoms in total. The van der Waals surface area contributed by atoms with Gasteiger partial charge in [0.1, 0.15) is 6.10 Å². The van der Waals surface area contributed by atoms with E-state index < -0.39 is 6.10 Å². The van der Waals surface area contributed by atoms with E-state index in [9.17, 15) is 0 Å². The van der Waals surface area contributed by atoms with Crippen LogP contribution in [0.25, 0.3) is 0 Å². The van der Waals surface area contributed by atoms with Gasteiger partial charge >= 0.3 is 0 Å². The van der Waals surface area contributed by atoms with Crippen LogP contribution in [0.15, 0.2) is 0 Å². The van der Waals surface area contributed by atoms with Crippen molar-refractivity contribution in [1.82, 2.24) is 0 Å². The fourth-order valence-corrected chi connectivity index (χ4v) is 0.909. The monoisotopic (exact) mass is 154 g/mol. The normalized spacial score (nSPS) is 14.1. The third kappa shape index (κ3) is 7.42. The summed E-state index contributed by atoms with van der Waals surface area (Å²) >= 11 is 0. The van der Waals surface area contributed by atoms with E-state index in [0.29, 0.717) is 5.41 Å². The van der Waals surface area contributed by atoms with Crippen molar-refractivity contribution in [2.24, 2.45) is 5.41 Å². The summed E-state index contributed by atoms with van der Waals surface area (Å²) in [5, 5.41) is 9.02. The number of aliphatic hydroxyl groups is 1. The molecular weight excluding hydrogens is 136 g/mol. The van der Waals surface area contributed by atoms with Crippen LogP contribution in [0.1, 0.15) is 40.0 Å². The number of hydrogen-bond donors (Lipinski definition) is 1. The Kier molecular flexibility index (Phi) is 4.22. The Morgan fingerprint density at radius 1 is 1.45 bits per heavy atom. The van der Waals surface area contributed by atoms with Crippen LogP contribution >= 0.6 is 0 Å². The second-order valence-corrected chi connectivity index (χ2v) is 4.14. The van der Waals surface area contributed by atoms with Crippen LogP contribution in [-0.2, 0) is 0 Å². The summed E-state index contributed by atoms with van der Waals surface area (Å²) in [5.74, 6) is 2.31. The minimum Gasteiger partial charge on any atom is -0.380 e. The molecule has 1 N–H and O–H groups in total. The predicted octanol–water partition coefficient (Wildman–Crippen LogP) is 2.20. The highest BCUT2D eigenvalue weighted by Crippen LogP contribution is 2.21. The standard InChI is InChI=1S/C10H18O/c1-5-9(11)7-6-8-10(2,3)4/h1,9,11H,6-8H2,2-4H3. The first kappa shape index (κ1) is 10.5. The molecular formula is C10H18O. The molecule has 0 aliphatic carbocycles. The van der Waals surface area contributed by atoms with Crippen molar-refractivity contribution in [2.45, 2.75) is 46.1 Å². The first-order chi connectivity index (χ1) is 4.95. The predicted molar refractivity (Wildman–Crippen MR) is 48.1 cm³/mol. The van der Waals surface area contributed by atoms with E-state index in [1.165, 1.54) is 0 Å². The van der Waals surface area contributed by atoms with Crippen LogP contribution in [-0.4, -0.2) is 11.2 Å². The quantitative estimate of drug-likeness (QED) is 0.618. The molecule has 0 fully saturated rings. The molecule has 0 aromatic carbocycles. The van der Waals surface area contributed by atoms with Gasteiger partial charge in [0.15, 0.2) is 0 Å². The van der Waals surface area contributed by atoms with Gasteiger partial charge in [-0.25, -0.2) is 0 Å². The van der Waals surface area contributed by atoms with Crippen LogP contribution in [0, 0.1) is 17.8 Å². The average Bonchev–Trinajstić information content (AvgIpc) is 1.85. The first-order valence-corrected chi connectivity index (χ1v) is 4.10. The van der Waals surface area contributed by atoms with Crippen molar-refractivity contribution < 1.29 is 5.11 Å². The van der Waals surface area contributed by atoms with Gasteiger partial charge in [0.25, 0.3) is 0 Å². The zero-order valence-electron chi connectivity index (χ0n) is 7.72. The Bertz CT molecular complexity index is 136. The second kappa shape index (κ2) is 4.41. The van der Waals surface area contributed by atoms with Crippen molar-refractivity contribution in [3.8, 4) is 12.3 Å². The highest BCUT2D eigenvalue weighted by atomic mass is 16.3. The Balaban J connectivity index is 3.37. The van der Waals surface area contributed by atoms with Gasteiger partial charge in [-0.1, -0.05) is 26.7 Å². The number of rotatable bonds is 3. The van der Waals surface area contributed by atoms with Gasteiger partial charge in [-0.15, -0.1) is 6.42 Å². The van der Waals surface area contributed by atoms with E-state index in [0.717, 1.165) is 19.3 Å². The van der Waals surface area contributed by atoms with Crippen LogP contribution < -0.4 is 0 Å². The molecule has 1 unspecified atom stereocenters. The van der Waals surface area contributed by atoms with E-state index in [2.05, 4.69) is 26.7 Å². The highest BCUT2D eigenvalue weighted by Gasteiger charge is 2.10. The highest BCUT2D eigenvalue weighted by molar-refractivity contribution is 4.92. The van der Waals surface area contributed by atoms with Crippen LogP contribution in [0.5, 0.6) is 0 Å². The molecule has 11 heavy (non-hydrogen) atoms. The average molecular weight is 154 g/mol. The Hall–Kier alpha value is -0.480. The zero-order chi connectivity index (χ0) is 8.91. The first-order valence-electron chi connectivity index (χ1n) is 4.10. The molecule has 0 saturated carbocycles. The lowest BCUT2D eigenvalue weighted by Gasteiger charge is -2.17. The van der Waals surface area contributed by atoms with Gasteiger partial charge in [0.2, 0.25) is 0 Å². The maximum Gasteiger partial charge on any atom is 0.114 e. The SMILES string of the molecule is C#CC(O)CCCC(C)(C)C. The number of hydrogen-bond acceptors (Lipinski definition) is 1. The summed E-state index contributed by atoms with van der Waals surface area (Å²) in [6.07, 6.45) is 7.33. The van der Waals surface area contributed by atoms with Gasteiger partial charge in [0, 0.05) is 0 Å². The molecule has 0 saturated heterocycles. The van der Waals surface area contributed by atoms with E-state index in [1.54, 1.807) is 0 Å². The number of aliphatic hydroxyl groups excluding tert-OH is 1. The largest absolute Gasteiger partial charge is 0.380 e.